The summed E-state index contributed by atoms with van der Waals surface area (Å²) in [5.74, 6) is 0. The lowest BCUT2D eigenvalue weighted by atomic mass is 10.2. The first-order chi connectivity index (χ1) is 6.88. The number of likely N-dealkylation sites (tertiary alicyclic amines) is 1. The molecule has 2 nitrogen and oxygen atoms in total. The Hall–Kier alpha value is -0.0800. The van der Waals surface area contributed by atoms with Gasteiger partial charge >= 0.3 is 0 Å². The van der Waals surface area contributed by atoms with Crippen molar-refractivity contribution < 1.29 is 0 Å². The standard InChI is InChI=1S/C12H26N2/c1-3-4-5-6-9-14-10-7-8-12(14)11-13-2/h12-13H,3-11H2,1-2H3. The van der Waals surface area contributed by atoms with Crippen LogP contribution in [0.2, 0.25) is 0 Å². The highest BCUT2D eigenvalue weighted by Gasteiger charge is 2.22. The molecule has 0 bridgehead atoms. The molecule has 1 rings (SSSR count). The molecule has 0 aromatic rings. The molecule has 2 heteroatoms. The lowest BCUT2D eigenvalue weighted by Gasteiger charge is -2.24. The number of nitrogens with zero attached hydrogens (tertiary/aromatic N) is 1. The maximum Gasteiger partial charge on any atom is 0.0220 e. The molecule has 1 atom stereocenters. The summed E-state index contributed by atoms with van der Waals surface area (Å²) in [7, 11) is 2.06. The van der Waals surface area contributed by atoms with Crippen LogP contribution in [0.4, 0.5) is 0 Å². The highest BCUT2D eigenvalue weighted by atomic mass is 15.2. The van der Waals surface area contributed by atoms with Crippen molar-refractivity contribution in [2.75, 3.05) is 26.7 Å². The topological polar surface area (TPSA) is 15.3 Å². The SMILES string of the molecule is CCCCCCN1CCCC1CNC. The highest BCUT2D eigenvalue weighted by Crippen LogP contribution is 2.17. The summed E-state index contributed by atoms with van der Waals surface area (Å²) in [6.07, 6.45) is 8.37. The first-order valence-electron chi connectivity index (χ1n) is 6.27. The quantitative estimate of drug-likeness (QED) is 0.631. The summed E-state index contributed by atoms with van der Waals surface area (Å²) in [5, 5.41) is 3.30. The van der Waals surface area contributed by atoms with Crippen LogP contribution in [0.25, 0.3) is 0 Å². The minimum atomic E-state index is 0.821. The number of rotatable bonds is 7. The van der Waals surface area contributed by atoms with E-state index in [1.54, 1.807) is 0 Å². The molecule has 0 aromatic carbocycles. The Bertz CT molecular complexity index is 136. The third-order valence-electron chi connectivity index (χ3n) is 3.24. The monoisotopic (exact) mass is 198 g/mol. The number of hydrogen-bond acceptors (Lipinski definition) is 2. The molecule has 1 N–H and O–H groups in total. The molecule has 1 fully saturated rings. The van der Waals surface area contributed by atoms with Crippen molar-refractivity contribution in [2.24, 2.45) is 0 Å². The van der Waals surface area contributed by atoms with Gasteiger partial charge in [0, 0.05) is 12.6 Å². The van der Waals surface area contributed by atoms with E-state index in [9.17, 15) is 0 Å². The van der Waals surface area contributed by atoms with Gasteiger partial charge in [-0.2, -0.15) is 0 Å². The Morgan fingerprint density at radius 1 is 1.29 bits per heavy atom. The van der Waals surface area contributed by atoms with E-state index in [1.807, 2.05) is 0 Å². The second-order valence-corrected chi connectivity index (χ2v) is 4.45. The Labute approximate surface area is 89.1 Å². The highest BCUT2D eigenvalue weighted by molar-refractivity contribution is 4.80. The van der Waals surface area contributed by atoms with Crippen LogP contribution in [-0.2, 0) is 0 Å². The maximum absolute atomic E-state index is 3.30. The van der Waals surface area contributed by atoms with Crippen molar-refractivity contribution in [3.63, 3.8) is 0 Å². The van der Waals surface area contributed by atoms with E-state index in [4.69, 9.17) is 0 Å². The summed E-state index contributed by atoms with van der Waals surface area (Å²) in [5.41, 5.74) is 0. The van der Waals surface area contributed by atoms with E-state index in [2.05, 4.69) is 24.2 Å². The van der Waals surface area contributed by atoms with Gasteiger partial charge in [-0.3, -0.25) is 4.90 Å². The third kappa shape index (κ3) is 3.97. The van der Waals surface area contributed by atoms with E-state index >= 15 is 0 Å². The second kappa shape index (κ2) is 7.24. The van der Waals surface area contributed by atoms with Crippen LogP contribution in [0.5, 0.6) is 0 Å². The van der Waals surface area contributed by atoms with Gasteiger partial charge in [0.2, 0.25) is 0 Å². The van der Waals surface area contributed by atoms with Crippen LogP contribution >= 0.6 is 0 Å². The van der Waals surface area contributed by atoms with Gasteiger partial charge in [-0.05, 0) is 39.4 Å². The van der Waals surface area contributed by atoms with Crippen LogP contribution < -0.4 is 5.32 Å². The average Bonchev–Trinajstić information content (AvgIpc) is 2.61. The van der Waals surface area contributed by atoms with Crippen molar-refractivity contribution in [2.45, 2.75) is 51.5 Å². The largest absolute Gasteiger partial charge is 0.318 e. The minimum absolute atomic E-state index is 0.821. The van der Waals surface area contributed by atoms with Gasteiger partial charge in [0.05, 0.1) is 0 Å². The molecular weight excluding hydrogens is 172 g/mol. The molecule has 0 aromatic heterocycles. The van der Waals surface area contributed by atoms with Gasteiger partial charge in [-0.25, -0.2) is 0 Å². The van der Waals surface area contributed by atoms with Crippen LogP contribution in [-0.4, -0.2) is 37.6 Å². The van der Waals surface area contributed by atoms with Gasteiger partial charge in [-0.15, -0.1) is 0 Å². The Morgan fingerprint density at radius 2 is 2.14 bits per heavy atom. The molecule has 0 radical (unpaired) electrons. The molecule has 14 heavy (non-hydrogen) atoms. The zero-order valence-corrected chi connectivity index (χ0v) is 9.89. The van der Waals surface area contributed by atoms with Gasteiger partial charge < -0.3 is 5.32 Å². The Balaban J connectivity index is 2.09. The maximum atomic E-state index is 3.30. The van der Waals surface area contributed by atoms with Crippen LogP contribution in [0.1, 0.15) is 45.4 Å². The molecule has 1 saturated heterocycles. The van der Waals surface area contributed by atoms with E-state index < -0.39 is 0 Å². The summed E-state index contributed by atoms with van der Waals surface area (Å²) in [6.45, 7) is 6.11. The smallest absolute Gasteiger partial charge is 0.0220 e. The van der Waals surface area contributed by atoms with Crippen molar-refractivity contribution in [3.05, 3.63) is 0 Å². The second-order valence-electron chi connectivity index (χ2n) is 4.45. The summed E-state index contributed by atoms with van der Waals surface area (Å²) < 4.78 is 0. The molecular formula is C12H26N2. The summed E-state index contributed by atoms with van der Waals surface area (Å²) >= 11 is 0. The molecule has 0 aliphatic carbocycles. The lowest BCUT2D eigenvalue weighted by Crippen LogP contribution is -2.37. The molecule has 84 valence electrons. The third-order valence-corrected chi connectivity index (χ3v) is 3.24. The van der Waals surface area contributed by atoms with E-state index in [0.29, 0.717) is 0 Å². The van der Waals surface area contributed by atoms with Crippen molar-refractivity contribution in [1.29, 1.82) is 0 Å². The van der Waals surface area contributed by atoms with Crippen molar-refractivity contribution in [1.82, 2.24) is 10.2 Å². The predicted octanol–water partition coefficient (Wildman–Crippen LogP) is 2.25. The number of hydrogen-bond donors (Lipinski definition) is 1. The first kappa shape index (κ1) is 12.0. The zero-order chi connectivity index (χ0) is 10.2. The number of unbranched alkanes of at least 4 members (excludes halogenated alkanes) is 3. The van der Waals surface area contributed by atoms with Crippen LogP contribution in [0.15, 0.2) is 0 Å². The molecule has 0 spiro atoms. The molecule has 1 unspecified atom stereocenters. The van der Waals surface area contributed by atoms with Gasteiger partial charge in [0.25, 0.3) is 0 Å². The lowest BCUT2D eigenvalue weighted by molar-refractivity contribution is 0.245. The van der Waals surface area contributed by atoms with Gasteiger partial charge in [-0.1, -0.05) is 26.2 Å². The van der Waals surface area contributed by atoms with Gasteiger partial charge in [0.1, 0.15) is 0 Å². The minimum Gasteiger partial charge on any atom is -0.318 e. The van der Waals surface area contributed by atoms with E-state index in [1.165, 1.54) is 58.2 Å². The zero-order valence-electron chi connectivity index (χ0n) is 9.89. The van der Waals surface area contributed by atoms with Crippen LogP contribution in [0, 0.1) is 0 Å². The van der Waals surface area contributed by atoms with E-state index in [0.717, 1.165) is 6.04 Å². The fraction of sp³-hybridized carbons (Fsp3) is 1.00. The molecule has 1 heterocycles. The predicted molar refractivity (Wildman–Crippen MR) is 62.7 cm³/mol. The summed E-state index contributed by atoms with van der Waals surface area (Å²) in [4.78, 5) is 2.67. The van der Waals surface area contributed by atoms with Crippen molar-refractivity contribution >= 4 is 0 Å². The van der Waals surface area contributed by atoms with Gasteiger partial charge in [0.15, 0.2) is 0 Å². The number of likely N-dealkylation sites (N-methyl/N-ethyl adjacent to an activating group) is 1. The molecule has 0 amide bonds. The molecule has 0 saturated carbocycles. The van der Waals surface area contributed by atoms with E-state index in [-0.39, 0.29) is 0 Å². The summed E-state index contributed by atoms with van der Waals surface area (Å²) in [6, 6.07) is 0.821. The first-order valence-corrected chi connectivity index (χ1v) is 6.27. The molecule has 1 aliphatic heterocycles. The van der Waals surface area contributed by atoms with Crippen LogP contribution in [0.3, 0.4) is 0 Å². The number of nitrogens with one attached hydrogen (secondary N) is 1. The van der Waals surface area contributed by atoms with Crippen molar-refractivity contribution in [3.8, 4) is 0 Å². The normalized spacial score (nSPS) is 23.1. The molecule has 1 aliphatic rings. The fourth-order valence-electron chi connectivity index (χ4n) is 2.40. The Kier molecular flexibility index (Phi) is 6.20. The Morgan fingerprint density at radius 3 is 2.86 bits per heavy atom. The fourth-order valence-corrected chi connectivity index (χ4v) is 2.40. The average molecular weight is 198 g/mol.